The molecule has 1 aromatic carbocycles. The van der Waals surface area contributed by atoms with Crippen LogP contribution in [-0.2, 0) is 11.2 Å². The normalized spacial score (nSPS) is 10.0. The fourth-order valence-corrected chi connectivity index (χ4v) is 1.50. The highest BCUT2D eigenvalue weighted by atomic mass is 16.5. The van der Waals surface area contributed by atoms with Crippen molar-refractivity contribution in [1.82, 2.24) is 0 Å². The van der Waals surface area contributed by atoms with Gasteiger partial charge in [-0.15, -0.1) is 0 Å². The van der Waals surface area contributed by atoms with E-state index in [2.05, 4.69) is 6.92 Å². The first-order valence-corrected chi connectivity index (χ1v) is 5.24. The number of carbonyl (C=O) groups is 1. The van der Waals surface area contributed by atoms with Gasteiger partial charge < -0.3 is 10.5 Å². The minimum Gasteiger partial charge on any atom is -0.462 e. The van der Waals surface area contributed by atoms with Crippen molar-refractivity contribution in [1.29, 1.82) is 0 Å². The van der Waals surface area contributed by atoms with Gasteiger partial charge in [0.25, 0.3) is 0 Å². The molecule has 0 aliphatic heterocycles. The Hall–Kier alpha value is -1.51. The Bertz CT molecular complexity index is 347. The van der Waals surface area contributed by atoms with E-state index in [9.17, 15) is 4.79 Å². The molecule has 0 amide bonds. The van der Waals surface area contributed by atoms with Crippen LogP contribution < -0.4 is 5.73 Å². The van der Waals surface area contributed by atoms with Gasteiger partial charge in [-0.05, 0) is 37.1 Å². The molecule has 0 aliphatic rings. The number of benzene rings is 1. The lowest BCUT2D eigenvalue weighted by atomic mass is 10.0. The highest BCUT2D eigenvalue weighted by Crippen LogP contribution is 2.16. The summed E-state index contributed by atoms with van der Waals surface area (Å²) in [7, 11) is 0. The molecule has 0 unspecified atom stereocenters. The lowest BCUT2D eigenvalue weighted by molar-refractivity contribution is 0.0525. The quantitative estimate of drug-likeness (QED) is 0.609. The molecule has 0 aliphatic carbocycles. The molecule has 3 heteroatoms. The van der Waals surface area contributed by atoms with E-state index in [1.807, 2.05) is 6.07 Å². The van der Waals surface area contributed by atoms with Gasteiger partial charge in [-0.2, -0.15) is 0 Å². The molecule has 0 bridgehead atoms. The molecular weight excluding hydrogens is 190 g/mol. The van der Waals surface area contributed by atoms with E-state index in [1.165, 1.54) is 0 Å². The van der Waals surface area contributed by atoms with Gasteiger partial charge in [0, 0.05) is 5.69 Å². The van der Waals surface area contributed by atoms with Crippen LogP contribution in [0.25, 0.3) is 0 Å². The lowest BCUT2D eigenvalue weighted by Crippen LogP contribution is -2.08. The molecule has 0 radical (unpaired) electrons. The molecule has 3 nitrogen and oxygen atoms in total. The van der Waals surface area contributed by atoms with Crippen LogP contribution in [0, 0.1) is 0 Å². The first-order valence-electron chi connectivity index (χ1n) is 5.24. The van der Waals surface area contributed by atoms with Crippen LogP contribution in [0.5, 0.6) is 0 Å². The largest absolute Gasteiger partial charge is 0.462 e. The van der Waals surface area contributed by atoms with Gasteiger partial charge in [-0.3, -0.25) is 0 Å². The smallest absolute Gasteiger partial charge is 0.338 e. The van der Waals surface area contributed by atoms with E-state index in [1.54, 1.807) is 19.1 Å². The van der Waals surface area contributed by atoms with Gasteiger partial charge in [0.15, 0.2) is 0 Å². The van der Waals surface area contributed by atoms with E-state index in [4.69, 9.17) is 10.5 Å². The Morgan fingerprint density at radius 2 is 2.13 bits per heavy atom. The van der Waals surface area contributed by atoms with Crippen molar-refractivity contribution >= 4 is 11.7 Å². The summed E-state index contributed by atoms with van der Waals surface area (Å²) in [6.45, 7) is 4.27. The van der Waals surface area contributed by atoms with Crippen LogP contribution >= 0.6 is 0 Å². The summed E-state index contributed by atoms with van der Waals surface area (Å²) < 4.78 is 4.98. The molecule has 15 heavy (non-hydrogen) atoms. The van der Waals surface area contributed by atoms with Gasteiger partial charge in [-0.1, -0.05) is 13.3 Å². The van der Waals surface area contributed by atoms with Crippen molar-refractivity contribution in [2.45, 2.75) is 26.7 Å². The second-order valence-corrected chi connectivity index (χ2v) is 3.39. The van der Waals surface area contributed by atoms with Crippen LogP contribution in [-0.4, -0.2) is 12.6 Å². The van der Waals surface area contributed by atoms with E-state index >= 15 is 0 Å². The molecule has 0 aromatic heterocycles. The Morgan fingerprint density at radius 3 is 2.73 bits per heavy atom. The van der Waals surface area contributed by atoms with E-state index in [0.29, 0.717) is 17.9 Å². The molecule has 0 heterocycles. The molecule has 82 valence electrons. The van der Waals surface area contributed by atoms with Crippen molar-refractivity contribution < 1.29 is 9.53 Å². The minimum atomic E-state index is -0.263. The predicted octanol–water partition coefficient (Wildman–Crippen LogP) is 2.40. The molecule has 0 atom stereocenters. The Morgan fingerprint density at radius 1 is 1.40 bits per heavy atom. The molecule has 1 rings (SSSR count). The summed E-state index contributed by atoms with van der Waals surface area (Å²) in [6.07, 6.45) is 1.83. The van der Waals surface area contributed by atoms with Gasteiger partial charge in [0.05, 0.1) is 12.2 Å². The molecule has 0 fully saturated rings. The lowest BCUT2D eigenvalue weighted by Gasteiger charge is -2.08. The maximum atomic E-state index is 11.6. The summed E-state index contributed by atoms with van der Waals surface area (Å²) in [4.78, 5) is 11.6. The van der Waals surface area contributed by atoms with Crippen molar-refractivity contribution in [2.24, 2.45) is 0 Å². The fraction of sp³-hybridized carbons (Fsp3) is 0.417. The molecule has 1 aromatic rings. The number of carbonyl (C=O) groups excluding carboxylic acids is 1. The standard InChI is InChI=1S/C12H17NO2/c1-3-5-9-8-10(13)6-7-11(9)12(14)15-4-2/h6-8H,3-5,13H2,1-2H3. The monoisotopic (exact) mass is 207 g/mol. The maximum absolute atomic E-state index is 11.6. The summed E-state index contributed by atoms with van der Waals surface area (Å²) in [5.74, 6) is -0.263. The number of esters is 1. The highest BCUT2D eigenvalue weighted by Gasteiger charge is 2.11. The second-order valence-electron chi connectivity index (χ2n) is 3.39. The van der Waals surface area contributed by atoms with E-state index in [0.717, 1.165) is 18.4 Å². The van der Waals surface area contributed by atoms with Crippen LogP contribution in [0.1, 0.15) is 36.2 Å². The van der Waals surface area contributed by atoms with Crippen molar-refractivity contribution in [3.8, 4) is 0 Å². The Kier molecular flexibility index (Phi) is 4.16. The Balaban J connectivity index is 2.99. The number of ether oxygens (including phenoxy) is 1. The van der Waals surface area contributed by atoms with Gasteiger partial charge >= 0.3 is 5.97 Å². The summed E-state index contributed by atoms with van der Waals surface area (Å²) in [5.41, 5.74) is 7.97. The van der Waals surface area contributed by atoms with Gasteiger partial charge in [-0.25, -0.2) is 4.79 Å². The van der Waals surface area contributed by atoms with Crippen molar-refractivity contribution in [2.75, 3.05) is 12.3 Å². The zero-order chi connectivity index (χ0) is 11.3. The third kappa shape index (κ3) is 2.98. The molecule has 2 N–H and O–H groups in total. The zero-order valence-corrected chi connectivity index (χ0v) is 9.25. The van der Waals surface area contributed by atoms with Gasteiger partial charge in [0.1, 0.15) is 0 Å². The molecule has 0 saturated carbocycles. The Labute approximate surface area is 90.2 Å². The average molecular weight is 207 g/mol. The van der Waals surface area contributed by atoms with Crippen LogP contribution in [0.3, 0.4) is 0 Å². The summed E-state index contributed by atoms with van der Waals surface area (Å²) in [6, 6.07) is 5.31. The van der Waals surface area contributed by atoms with Crippen LogP contribution in [0.2, 0.25) is 0 Å². The zero-order valence-electron chi connectivity index (χ0n) is 9.25. The second kappa shape index (κ2) is 5.39. The highest BCUT2D eigenvalue weighted by molar-refractivity contribution is 5.91. The van der Waals surface area contributed by atoms with Crippen LogP contribution in [0.15, 0.2) is 18.2 Å². The predicted molar refractivity (Wildman–Crippen MR) is 60.8 cm³/mol. The van der Waals surface area contributed by atoms with Crippen LogP contribution in [0.4, 0.5) is 5.69 Å². The first-order chi connectivity index (χ1) is 7.19. The minimum absolute atomic E-state index is 0.263. The van der Waals surface area contributed by atoms with Crippen molar-refractivity contribution in [3.05, 3.63) is 29.3 Å². The topological polar surface area (TPSA) is 52.3 Å². The van der Waals surface area contributed by atoms with Crippen molar-refractivity contribution in [3.63, 3.8) is 0 Å². The number of nitrogens with two attached hydrogens (primary N) is 1. The summed E-state index contributed by atoms with van der Waals surface area (Å²) >= 11 is 0. The number of anilines is 1. The number of hydrogen-bond donors (Lipinski definition) is 1. The maximum Gasteiger partial charge on any atom is 0.338 e. The molecular formula is C12H17NO2. The molecule has 0 saturated heterocycles. The van der Waals surface area contributed by atoms with E-state index in [-0.39, 0.29) is 5.97 Å². The SMILES string of the molecule is CCCc1cc(N)ccc1C(=O)OCC. The first kappa shape index (κ1) is 11.6. The number of hydrogen-bond acceptors (Lipinski definition) is 3. The third-order valence-corrected chi connectivity index (χ3v) is 2.14. The molecule has 0 spiro atoms. The average Bonchev–Trinajstić information content (AvgIpc) is 2.18. The number of rotatable bonds is 4. The fourth-order valence-electron chi connectivity index (χ4n) is 1.50. The number of nitrogen functional groups attached to an aromatic ring is 1. The van der Waals surface area contributed by atoms with Gasteiger partial charge in [0.2, 0.25) is 0 Å². The third-order valence-electron chi connectivity index (χ3n) is 2.14. The summed E-state index contributed by atoms with van der Waals surface area (Å²) in [5, 5.41) is 0. The number of aryl methyl sites for hydroxylation is 1. The van der Waals surface area contributed by atoms with E-state index < -0.39 is 0 Å².